The molecule has 0 aliphatic heterocycles. The summed E-state index contributed by atoms with van der Waals surface area (Å²) in [6.45, 7) is 13.1. The fourth-order valence-electron chi connectivity index (χ4n) is 6.44. The minimum absolute atomic E-state index is 0.0728. The van der Waals surface area contributed by atoms with Crippen molar-refractivity contribution in [1.82, 2.24) is 0 Å². The molecule has 3 aliphatic carbocycles. The number of carbonyl (C=O) groups is 2. The lowest BCUT2D eigenvalue weighted by atomic mass is 9.59. The summed E-state index contributed by atoms with van der Waals surface area (Å²) in [7, 11) is 0. The van der Waals surface area contributed by atoms with Crippen molar-refractivity contribution in [3.8, 4) is 0 Å². The SMILES string of the molecule is Cc1sc(C2CC3C(C)C4C(=O)C(C)CC4C(C)C3C2=O)c(C)c1C. The third-order valence-corrected chi connectivity index (χ3v) is 9.49. The normalized spacial score (nSPS) is 43.4. The van der Waals surface area contributed by atoms with Crippen LogP contribution in [0, 0.1) is 62.2 Å². The quantitative estimate of drug-likeness (QED) is 0.701. The average Bonchev–Trinajstić information content (AvgIpc) is 3.15. The molecule has 0 spiro atoms. The van der Waals surface area contributed by atoms with Crippen molar-refractivity contribution in [3.05, 3.63) is 20.9 Å². The van der Waals surface area contributed by atoms with Gasteiger partial charge >= 0.3 is 0 Å². The highest BCUT2D eigenvalue weighted by molar-refractivity contribution is 7.12. The fourth-order valence-corrected chi connectivity index (χ4v) is 7.74. The Labute approximate surface area is 155 Å². The molecular formula is C22H30O2S. The molecule has 3 aliphatic rings. The highest BCUT2D eigenvalue weighted by Gasteiger charge is 2.59. The first-order valence-electron chi connectivity index (χ1n) is 9.87. The van der Waals surface area contributed by atoms with Crippen LogP contribution >= 0.6 is 11.3 Å². The molecule has 0 radical (unpaired) electrons. The molecule has 1 aromatic heterocycles. The Bertz CT molecular complexity index is 745. The second kappa shape index (κ2) is 5.77. The van der Waals surface area contributed by atoms with Gasteiger partial charge in [0.1, 0.15) is 11.6 Å². The largest absolute Gasteiger partial charge is 0.299 e. The molecule has 136 valence electrons. The maximum Gasteiger partial charge on any atom is 0.144 e. The molecule has 25 heavy (non-hydrogen) atoms. The molecule has 0 bridgehead atoms. The smallest absolute Gasteiger partial charge is 0.144 e. The lowest BCUT2D eigenvalue weighted by Gasteiger charge is -2.43. The van der Waals surface area contributed by atoms with Gasteiger partial charge in [0.15, 0.2) is 0 Å². The maximum atomic E-state index is 13.4. The summed E-state index contributed by atoms with van der Waals surface area (Å²) in [4.78, 5) is 28.8. The molecule has 1 aromatic rings. The van der Waals surface area contributed by atoms with Gasteiger partial charge in [-0.25, -0.2) is 0 Å². The van der Waals surface area contributed by atoms with Gasteiger partial charge in [-0.3, -0.25) is 9.59 Å². The van der Waals surface area contributed by atoms with Crippen molar-refractivity contribution >= 4 is 22.9 Å². The van der Waals surface area contributed by atoms with Crippen LogP contribution in [-0.4, -0.2) is 11.6 Å². The number of carbonyl (C=O) groups excluding carboxylic acids is 2. The first-order valence-corrected chi connectivity index (χ1v) is 10.7. The zero-order valence-electron chi connectivity index (χ0n) is 16.3. The Hall–Kier alpha value is -0.960. The molecule has 3 fully saturated rings. The lowest BCUT2D eigenvalue weighted by molar-refractivity contribution is -0.133. The van der Waals surface area contributed by atoms with E-state index in [0.717, 1.165) is 12.8 Å². The number of fused-ring (bicyclic) bond motifs is 2. The summed E-state index contributed by atoms with van der Waals surface area (Å²) in [5.41, 5.74) is 2.68. The van der Waals surface area contributed by atoms with Crippen LogP contribution in [0.5, 0.6) is 0 Å². The summed E-state index contributed by atoms with van der Waals surface area (Å²) in [6.07, 6.45) is 1.95. The van der Waals surface area contributed by atoms with E-state index in [0.29, 0.717) is 35.2 Å². The molecular weight excluding hydrogens is 328 g/mol. The van der Waals surface area contributed by atoms with Crippen LogP contribution in [0.25, 0.3) is 0 Å². The fraction of sp³-hybridized carbons (Fsp3) is 0.727. The predicted octanol–water partition coefficient (Wildman–Crippen LogP) is 5.09. The number of rotatable bonds is 1. The molecule has 0 amide bonds. The zero-order valence-corrected chi connectivity index (χ0v) is 17.1. The molecule has 0 N–H and O–H groups in total. The van der Waals surface area contributed by atoms with E-state index in [1.807, 2.05) is 11.3 Å². The number of Topliss-reactive ketones (excluding diaryl/α,β-unsaturated/α-hetero) is 2. The Kier molecular flexibility index (Phi) is 4.03. The Morgan fingerprint density at radius 2 is 1.36 bits per heavy atom. The van der Waals surface area contributed by atoms with E-state index in [1.165, 1.54) is 20.9 Å². The molecule has 2 nitrogen and oxygen atoms in total. The van der Waals surface area contributed by atoms with Crippen LogP contribution in [0.2, 0.25) is 0 Å². The zero-order chi connectivity index (χ0) is 18.2. The van der Waals surface area contributed by atoms with E-state index in [-0.39, 0.29) is 23.7 Å². The first-order chi connectivity index (χ1) is 11.7. The molecule has 0 aromatic carbocycles. The number of hydrogen-bond donors (Lipinski definition) is 0. The van der Waals surface area contributed by atoms with Gasteiger partial charge < -0.3 is 0 Å². The van der Waals surface area contributed by atoms with E-state index in [4.69, 9.17) is 0 Å². The highest BCUT2D eigenvalue weighted by atomic mass is 32.1. The van der Waals surface area contributed by atoms with E-state index in [1.54, 1.807) is 0 Å². The minimum Gasteiger partial charge on any atom is -0.299 e. The Balaban J connectivity index is 1.70. The summed E-state index contributed by atoms with van der Waals surface area (Å²) in [5, 5.41) is 0. The van der Waals surface area contributed by atoms with Gasteiger partial charge in [0.25, 0.3) is 0 Å². The molecule has 4 rings (SSSR count). The summed E-state index contributed by atoms with van der Waals surface area (Å²) >= 11 is 1.82. The van der Waals surface area contributed by atoms with Gasteiger partial charge in [-0.15, -0.1) is 11.3 Å². The second-order valence-corrected chi connectivity index (χ2v) is 10.4. The standard InChI is InChI=1S/C22H30O2S/c1-9-7-15-12(4)19-16(13(5)18(15)20(9)23)8-17(21(19)24)22-11(3)10(2)14(6)25-22/h9,12-13,15-19H,7-8H2,1-6H3. The van der Waals surface area contributed by atoms with Crippen molar-refractivity contribution in [1.29, 1.82) is 0 Å². The van der Waals surface area contributed by atoms with Gasteiger partial charge in [-0.2, -0.15) is 0 Å². The third kappa shape index (κ3) is 2.27. The molecule has 3 saturated carbocycles. The van der Waals surface area contributed by atoms with Gasteiger partial charge in [-0.05, 0) is 68.4 Å². The molecule has 3 heteroatoms. The van der Waals surface area contributed by atoms with Crippen LogP contribution < -0.4 is 0 Å². The molecule has 1 heterocycles. The second-order valence-electron chi connectivity index (χ2n) is 9.10. The van der Waals surface area contributed by atoms with Crippen molar-refractivity contribution < 1.29 is 9.59 Å². The molecule has 0 saturated heterocycles. The molecule has 8 atom stereocenters. The first kappa shape index (κ1) is 17.5. The van der Waals surface area contributed by atoms with Crippen molar-refractivity contribution in [2.24, 2.45) is 41.4 Å². The van der Waals surface area contributed by atoms with E-state index in [2.05, 4.69) is 41.5 Å². The summed E-state index contributed by atoms with van der Waals surface area (Å²) in [5.74, 6) is 3.11. The lowest BCUT2D eigenvalue weighted by Crippen LogP contribution is -2.44. The highest BCUT2D eigenvalue weighted by Crippen LogP contribution is 2.59. The van der Waals surface area contributed by atoms with Crippen molar-refractivity contribution in [3.63, 3.8) is 0 Å². The van der Waals surface area contributed by atoms with Crippen LogP contribution in [0.3, 0.4) is 0 Å². The number of aryl methyl sites for hydroxylation is 1. The minimum atomic E-state index is 0.0728. The number of hydrogen-bond acceptors (Lipinski definition) is 3. The third-order valence-electron chi connectivity index (χ3n) is 8.07. The van der Waals surface area contributed by atoms with Crippen LogP contribution in [0.4, 0.5) is 0 Å². The van der Waals surface area contributed by atoms with Gasteiger partial charge in [-0.1, -0.05) is 20.8 Å². The number of thiophene rings is 1. The van der Waals surface area contributed by atoms with Gasteiger partial charge in [0.2, 0.25) is 0 Å². The van der Waals surface area contributed by atoms with E-state index in [9.17, 15) is 9.59 Å². The average molecular weight is 359 g/mol. The Morgan fingerprint density at radius 1 is 0.800 bits per heavy atom. The van der Waals surface area contributed by atoms with Crippen LogP contribution in [-0.2, 0) is 9.59 Å². The Morgan fingerprint density at radius 3 is 1.92 bits per heavy atom. The monoisotopic (exact) mass is 358 g/mol. The molecule has 8 unspecified atom stereocenters. The van der Waals surface area contributed by atoms with Crippen molar-refractivity contribution in [2.75, 3.05) is 0 Å². The number of ketones is 2. The van der Waals surface area contributed by atoms with Gasteiger partial charge in [0.05, 0.1) is 5.92 Å². The maximum absolute atomic E-state index is 13.4. The van der Waals surface area contributed by atoms with Gasteiger partial charge in [0, 0.05) is 27.5 Å². The predicted molar refractivity (Wildman–Crippen MR) is 102 cm³/mol. The van der Waals surface area contributed by atoms with Crippen molar-refractivity contribution in [2.45, 2.75) is 60.3 Å². The van der Waals surface area contributed by atoms with E-state index < -0.39 is 0 Å². The summed E-state index contributed by atoms with van der Waals surface area (Å²) in [6, 6.07) is 0. The van der Waals surface area contributed by atoms with Crippen LogP contribution in [0.1, 0.15) is 60.4 Å². The van der Waals surface area contributed by atoms with Crippen LogP contribution in [0.15, 0.2) is 0 Å². The van der Waals surface area contributed by atoms with E-state index >= 15 is 0 Å². The topological polar surface area (TPSA) is 34.1 Å². The summed E-state index contributed by atoms with van der Waals surface area (Å²) < 4.78 is 0.